The number of aliphatic hydroxyl groups is 1. The highest BCUT2D eigenvalue weighted by molar-refractivity contribution is 6.27. The minimum absolute atomic E-state index is 0.142. The highest BCUT2D eigenvalue weighted by Crippen LogP contribution is 2.31. The predicted molar refractivity (Wildman–Crippen MR) is 98.4 cm³/mol. The third-order valence-electron chi connectivity index (χ3n) is 3.01. The Balaban J connectivity index is 0.000000972. The lowest BCUT2D eigenvalue weighted by atomic mass is 10.1. The summed E-state index contributed by atoms with van der Waals surface area (Å²) in [5.41, 5.74) is 1.05. The molecule has 0 atom stereocenters. The number of ether oxygens (including phenoxy) is 3. The van der Waals surface area contributed by atoms with E-state index in [2.05, 4.69) is 11.9 Å². The number of benzene rings is 1. The highest BCUT2D eigenvalue weighted by atomic mass is 16.5. The largest absolute Gasteiger partial charge is 0.493 e. The molecule has 0 saturated carbocycles. The van der Waals surface area contributed by atoms with Gasteiger partial charge in [-0.2, -0.15) is 0 Å². The van der Waals surface area contributed by atoms with Crippen LogP contribution in [-0.2, 0) is 20.7 Å². The van der Waals surface area contributed by atoms with Crippen molar-refractivity contribution in [1.29, 1.82) is 0 Å². The van der Waals surface area contributed by atoms with Crippen molar-refractivity contribution in [2.24, 2.45) is 0 Å². The molecule has 1 aromatic rings. The van der Waals surface area contributed by atoms with Gasteiger partial charge in [-0.25, -0.2) is 9.59 Å². The lowest BCUT2D eigenvalue weighted by Gasteiger charge is -2.14. The molecule has 0 aromatic heterocycles. The third kappa shape index (κ3) is 11.6. The first-order valence-corrected chi connectivity index (χ1v) is 8.23. The van der Waals surface area contributed by atoms with Crippen molar-refractivity contribution in [3.8, 4) is 11.5 Å². The minimum atomic E-state index is -1.82. The number of nitrogens with one attached hydrogen (secondary N) is 1. The molecular weight excluding hydrogens is 358 g/mol. The molecule has 0 aliphatic heterocycles. The molecule has 0 aliphatic carbocycles. The molecule has 0 amide bonds. The Morgan fingerprint density at radius 2 is 1.85 bits per heavy atom. The van der Waals surface area contributed by atoms with Crippen LogP contribution in [0.1, 0.15) is 5.56 Å². The van der Waals surface area contributed by atoms with Crippen molar-refractivity contribution in [3.05, 3.63) is 36.4 Å². The van der Waals surface area contributed by atoms with Crippen LogP contribution < -0.4 is 14.8 Å². The number of hydrogen-bond donors (Lipinski definition) is 4. The molecule has 0 fully saturated rings. The van der Waals surface area contributed by atoms with Crippen LogP contribution in [0.5, 0.6) is 11.5 Å². The Bertz CT molecular complexity index is 564. The summed E-state index contributed by atoms with van der Waals surface area (Å²) >= 11 is 0. The Morgan fingerprint density at radius 3 is 2.41 bits per heavy atom. The number of carbonyl (C=O) groups is 2. The summed E-state index contributed by atoms with van der Waals surface area (Å²) in [5, 5.41) is 26.4. The lowest BCUT2D eigenvalue weighted by molar-refractivity contribution is -0.159. The van der Waals surface area contributed by atoms with Crippen molar-refractivity contribution in [1.82, 2.24) is 5.32 Å². The van der Waals surface area contributed by atoms with Crippen molar-refractivity contribution in [2.45, 2.75) is 6.42 Å². The van der Waals surface area contributed by atoms with E-state index in [1.165, 1.54) is 0 Å². The molecule has 152 valence electrons. The number of methoxy groups -OCH3 is 1. The number of rotatable bonds is 12. The number of aliphatic hydroxyl groups excluding tert-OH is 1. The van der Waals surface area contributed by atoms with Gasteiger partial charge in [0.15, 0.2) is 11.5 Å². The summed E-state index contributed by atoms with van der Waals surface area (Å²) in [6.45, 7) is 6.76. The number of aliphatic carboxylic acids is 2. The van der Waals surface area contributed by atoms with Crippen molar-refractivity contribution in [2.75, 3.05) is 46.6 Å². The van der Waals surface area contributed by atoms with Crippen LogP contribution in [0, 0.1) is 0 Å². The topological polar surface area (TPSA) is 135 Å². The molecule has 0 spiro atoms. The number of para-hydroxylation sites is 1. The van der Waals surface area contributed by atoms with E-state index in [0.717, 1.165) is 30.0 Å². The molecule has 1 rings (SSSR count). The van der Waals surface area contributed by atoms with Gasteiger partial charge in [0.05, 0.1) is 26.9 Å². The van der Waals surface area contributed by atoms with Crippen LogP contribution in [0.4, 0.5) is 0 Å². The second kappa shape index (κ2) is 15.6. The zero-order valence-electron chi connectivity index (χ0n) is 15.3. The van der Waals surface area contributed by atoms with Crippen LogP contribution >= 0.6 is 0 Å². The average Bonchev–Trinajstić information content (AvgIpc) is 2.65. The first-order valence-electron chi connectivity index (χ1n) is 8.23. The summed E-state index contributed by atoms with van der Waals surface area (Å²) < 4.78 is 16.5. The van der Waals surface area contributed by atoms with Gasteiger partial charge >= 0.3 is 11.9 Å². The predicted octanol–water partition coefficient (Wildman–Crippen LogP) is 0.557. The van der Waals surface area contributed by atoms with E-state index in [4.69, 9.17) is 39.1 Å². The first-order chi connectivity index (χ1) is 13.0. The average molecular weight is 385 g/mol. The van der Waals surface area contributed by atoms with E-state index in [-0.39, 0.29) is 6.61 Å². The molecule has 9 heteroatoms. The van der Waals surface area contributed by atoms with Crippen LogP contribution in [-0.4, -0.2) is 73.9 Å². The molecule has 9 nitrogen and oxygen atoms in total. The van der Waals surface area contributed by atoms with Gasteiger partial charge in [0, 0.05) is 18.7 Å². The smallest absolute Gasteiger partial charge is 0.414 e. The van der Waals surface area contributed by atoms with Gasteiger partial charge in [-0.1, -0.05) is 18.2 Å². The summed E-state index contributed by atoms with van der Waals surface area (Å²) in [6, 6.07) is 5.81. The SMILES string of the molecule is C=CCc1cccc(OC)c1OCCOCCNCCO.O=C(O)C(=O)O. The molecule has 0 unspecified atom stereocenters. The number of carboxylic acid groups (broad SMARTS) is 2. The molecular formula is C18H27NO8. The monoisotopic (exact) mass is 385 g/mol. The second-order valence-corrected chi connectivity index (χ2v) is 4.99. The van der Waals surface area contributed by atoms with Gasteiger partial charge in [-0.05, 0) is 12.5 Å². The maximum Gasteiger partial charge on any atom is 0.414 e. The first kappa shape index (κ1) is 24.4. The van der Waals surface area contributed by atoms with Crippen molar-refractivity contribution >= 4 is 11.9 Å². The Kier molecular flexibility index (Phi) is 14.1. The summed E-state index contributed by atoms with van der Waals surface area (Å²) in [5.74, 6) is -2.18. The number of hydrogen-bond acceptors (Lipinski definition) is 7. The summed E-state index contributed by atoms with van der Waals surface area (Å²) in [7, 11) is 1.63. The number of carboxylic acids is 2. The maximum atomic E-state index is 9.10. The Labute approximate surface area is 158 Å². The molecule has 4 N–H and O–H groups in total. The molecule has 0 radical (unpaired) electrons. The van der Waals surface area contributed by atoms with Gasteiger partial charge in [0.1, 0.15) is 6.61 Å². The quantitative estimate of drug-likeness (QED) is 0.231. The molecule has 0 saturated heterocycles. The zero-order chi connectivity index (χ0) is 20.5. The normalized spacial score (nSPS) is 9.70. The van der Waals surface area contributed by atoms with Crippen LogP contribution in [0.3, 0.4) is 0 Å². The van der Waals surface area contributed by atoms with Crippen molar-refractivity contribution < 1.29 is 39.1 Å². The molecule has 27 heavy (non-hydrogen) atoms. The fourth-order valence-electron chi connectivity index (χ4n) is 1.86. The van der Waals surface area contributed by atoms with Crippen LogP contribution in [0.25, 0.3) is 0 Å². The standard InChI is InChI=1S/C16H25NO4.C2H2O4/c1-3-5-14-6-4-7-15(19-2)16(14)21-13-12-20-11-9-17-8-10-18;3-1(4)2(5)6/h3-4,6-7,17-18H,1,5,8-13H2,2H3;(H,3,4)(H,5,6). The molecule has 1 aromatic carbocycles. The molecule has 0 heterocycles. The van der Waals surface area contributed by atoms with E-state index in [9.17, 15) is 0 Å². The third-order valence-corrected chi connectivity index (χ3v) is 3.01. The van der Waals surface area contributed by atoms with E-state index in [1.54, 1.807) is 7.11 Å². The lowest BCUT2D eigenvalue weighted by Crippen LogP contribution is -2.23. The highest BCUT2D eigenvalue weighted by Gasteiger charge is 2.09. The van der Waals surface area contributed by atoms with Crippen LogP contribution in [0.15, 0.2) is 30.9 Å². The van der Waals surface area contributed by atoms with Gasteiger partial charge in [0.2, 0.25) is 0 Å². The van der Waals surface area contributed by atoms with E-state index in [0.29, 0.717) is 26.4 Å². The molecule has 0 aliphatic rings. The van der Waals surface area contributed by atoms with E-state index < -0.39 is 11.9 Å². The van der Waals surface area contributed by atoms with E-state index >= 15 is 0 Å². The van der Waals surface area contributed by atoms with E-state index in [1.807, 2.05) is 24.3 Å². The minimum Gasteiger partial charge on any atom is -0.493 e. The zero-order valence-corrected chi connectivity index (χ0v) is 15.3. The number of allylic oxidation sites excluding steroid dienone is 1. The van der Waals surface area contributed by atoms with Gasteiger partial charge in [-0.15, -0.1) is 6.58 Å². The summed E-state index contributed by atoms with van der Waals surface area (Å²) in [6.07, 6.45) is 2.57. The Hall–Kier alpha value is -2.62. The molecule has 0 bridgehead atoms. The van der Waals surface area contributed by atoms with Gasteiger partial charge < -0.3 is 34.8 Å². The Morgan fingerprint density at radius 1 is 1.15 bits per heavy atom. The fraction of sp³-hybridized carbons (Fsp3) is 0.444. The van der Waals surface area contributed by atoms with Gasteiger partial charge in [-0.3, -0.25) is 0 Å². The maximum absolute atomic E-state index is 9.10. The van der Waals surface area contributed by atoms with Gasteiger partial charge in [0.25, 0.3) is 0 Å². The fourth-order valence-corrected chi connectivity index (χ4v) is 1.86. The second-order valence-electron chi connectivity index (χ2n) is 4.99. The van der Waals surface area contributed by atoms with Crippen molar-refractivity contribution in [3.63, 3.8) is 0 Å². The summed E-state index contributed by atoms with van der Waals surface area (Å²) in [4.78, 5) is 18.2. The van der Waals surface area contributed by atoms with Crippen LogP contribution in [0.2, 0.25) is 0 Å².